The maximum absolute atomic E-state index is 7.57. The van der Waals surface area contributed by atoms with Crippen LogP contribution in [0, 0.1) is 0 Å². The van der Waals surface area contributed by atoms with Crippen molar-refractivity contribution in [3.8, 4) is 0 Å². The second-order valence-electron chi connectivity index (χ2n) is 1.41. The normalized spacial score (nSPS) is 11.8. The van der Waals surface area contributed by atoms with E-state index in [1.165, 1.54) is 0 Å². The van der Waals surface area contributed by atoms with Gasteiger partial charge in [0, 0.05) is 28.3 Å². The first-order valence-corrected chi connectivity index (χ1v) is 2.84. The van der Waals surface area contributed by atoms with Crippen LogP contribution in [0.15, 0.2) is 24.3 Å². The Hall–Kier alpha value is 0.154. The van der Waals surface area contributed by atoms with Crippen LogP contribution >= 0.6 is 0 Å². The molecule has 1 nitrogen and oxygen atoms in total. The summed E-state index contributed by atoms with van der Waals surface area (Å²) in [6.07, 6.45) is 9.50. The fourth-order valence-electron chi connectivity index (χ4n) is 0.393. The van der Waals surface area contributed by atoms with Crippen molar-refractivity contribution >= 4 is 0 Å². The predicted octanol–water partition coefficient (Wildman–Crippen LogP) is 1.50. The van der Waals surface area contributed by atoms with E-state index in [2.05, 4.69) is 24.3 Å². The van der Waals surface area contributed by atoms with Gasteiger partial charge in [-0.3, -0.25) is 0 Å². The van der Waals surface area contributed by atoms with Crippen LogP contribution in [0.5, 0.6) is 0 Å². The van der Waals surface area contributed by atoms with Crippen LogP contribution in [-0.4, -0.2) is 11.7 Å². The van der Waals surface area contributed by atoms with E-state index in [0.29, 0.717) is 0 Å². The maximum Gasteiger partial charge on any atom is 0.0402 e. The van der Waals surface area contributed by atoms with Gasteiger partial charge >= 0.3 is 0 Å². The SMILES string of the molecule is C1=CCC=C1.CCO.[Ti]. The standard InChI is InChI=1S/C5H6.C2H6O.Ti/c1-2-4-5-3-1;1-2-3;/h1-4H,5H2;3H,2H2,1H3;. The molecule has 0 atom stereocenters. The Balaban J connectivity index is 0. The van der Waals surface area contributed by atoms with E-state index in [0.717, 1.165) is 6.42 Å². The zero-order valence-corrected chi connectivity index (χ0v) is 7.23. The van der Waals surface area contributed by atoms with Gasteiger partial charge in [0.1, 0.15) is 0 Å². The van der Waals surface area contributed by atoms with Gasteiger partial charge < -0.3 is 5.11 Å². The van der Waals surface area contributed by atoms with Gasteiger partial charge in [-0.2, -0.15) is 0 Å². The Kier molecular flexibility index (Phi) is 14.6. The van der Waals surface area contributed by atoms with E-state index in [1.807, 2.05) is 0 Å². The zero-order chi connectivity index (χ0) is 6.24. The number of allylic oxidation sites excluding steroid dienone is 4. The van der Waals surface area contributed by atoms with E-state index in [1.54, 1.807) is 6.92 Å². The molecule has 1 aliphatic carbocycles. The summed E-state index contributed by atoms with van der Waals surface area (Å²) in [6, 6.07) is 0. The molecule has 50 valence electrons. The van der Waals surface area contributed by atoms with Crippen LogP contribution in [0.25, 0.3) is 0 Å². The fraction of sp³-hybridized carbons (Fsp3) is 0.429. The Morgan fingerprint density at radius 2 is 1.67 bits per heavy atom. The summed E-state index contributed by atoms with van der Waals surface area (Å²) < 4.78 is 0. The quantitative estimate of drug-likeness (QED) is 0.532. The van der Waals surface area contributed by atoms with Gasteiger partial charge in [-0.05, 0) is 13.3 Å². The van der Waals surface area contributed by atoms with Gasteiger partial charge in [0.2, 0.25) is 0 Å². The van der Waals surface area contributed by atoms with E-state index in [4.69, 9.17) is 5.11 Å². The van der Waals surface area contributed by atoms with E-state index in [-0.39, 0.29) is 28.3 Å². The molecule has 0 aliphatic heterocycles. The molecule has 0 bridgehead atoms. The third-order valence-corrected chi connectivity index (χ3v) is 0.655. The number of rotatable bonds is 0. The molecule has 0 saturated carbocycles. The Labute approximate surface area is 71.4 Å². The van der Waals surface area contributed by atoms with Gasteiger partial charge in [-0.1, -0.05) is 24.3 Å². The summed E-state index contributed by atoms with van der Waals surface area (Å²) in [4.78, 5) is 0. The second kappa shape index (κ2) is 11.0. The van der Waals surface area contributed by atoms with Gasteiger partial charge in [-0.25, -0.2) is 0 Å². The van der Waals surface area contributed by atoms with Gasteiger partial charge in [0.25, 0.3) is 0 Å². The monoisotopic (exact) mass is 160 g/mol. The molecule has 2 heteroatoms. The third-order valence-electron chi connectivity index (χ3n) is 0.655. The summed E-state index contributed by atoms with van der Waals surface area (Å²) in [5.74, 6) is 0. The number of hydrogen-bond acceptors (Lipinski definition) is 1. The summed E-state index contributed by atoms with van der Waals surface area (Å²) in [5.41, 5.74) is 0. The summed E-state index contributed by atoms with van der Waals surface area (Å²) >= 11 is 0. The van der Waals surface area contributed by atoms with Gasteiger partial charge in [0.05, 0.1) is 0 Å². The Bertz CT molecular complexity index is 76.9. The molecule has 0 radical (unpaired) electrons. The molecule has 0 amide bonds. The number of aliphatic hydroxyl groups excluding tert-OH is 1. The smallest absolute Gasteiger partial charge is 0.0402 e. The van der Waals surface area contributed by atoms with Crippen molar-refractivity contribution in [3.05, 3.63) is 24.3 Å². The van der Waals surface area contributed by atoms with Crippen LogP contribution in [0.4, 0.5) is 0 Å². The minimum atomic E-state index is 0. The molecule has 1 aliphatic rings. The first-order valence-electron chi connectivity index (χ1n) is 2.84. The zero-order valence-electron chi connectivity index (χ0n) is 5.67. The van der Waals surface area contributed by atoms with Crippen LogP contribution in [0.2, 0.25) is 0 Å². The molecule has 0 aromatic carbocycles. The molecule has 0 unspecified atom stereocenters. The Morgan fingerprint density at radius 3 is 1.78 bits per heavy atom. The van der Waals surface area contributed by atoms with Crippen molar-refractivity contribution in [3.63, 3.8) is 0 Å². The van der Waals surface area contributed by atoms with Gasteiger partial charge in [-0.15, -0.1) is 0 Å². The number of aliphatic hydroxyl groups is 1. The van der Waals surface area contributed by atoms with Crippen molar-refractivity contribution < 1.29 is 26.8 Å². The molecule has 0 fully saturated rings. The van der Waals surface area contributed by atoms with Crippen molar-refractivity contribution in [2.24, 2.45) is 0 Å². The van der Waals surface area contributed by atoms with E-state index < -0.39 is 0 Å². The third kappa shape index (κ3) is 11.6. The van der Waals surface area contributed by atoms with Crippen LogP contribution < -0.4 is 0 Å². The topological polar surface area (TPSA) is 20.2 Å². The molecule has 0 spiro atoms. The molecule has 1 rings (SSSR count). The predicted molar refractivity (Wildman–Crippen MR) is 35.7 cm³/mol. The van der Waals surface area contributed by atoms with Crippen LogP contribution in [0.1, 0.15) is 13.3 Å². The maximum atomic E-state index is 7.57. The molecule has 0 aromatic heterocycles. The molecule has 0 saturated heterocycles. The van der Waals surface area contributed by atoms with Gasteiger partial charge in [0.15, 0.2) is 0 Å². The Morgan fingerprint density at radius 1 is 1.33 bits per heavy atom. The van der Waals surface area contributed by atoms with Crippen molar-refractivity contribution in [2.75, 3.05) is 6.61 Å². The minimum absolute atomic E-state index is 0. The summed E-state index contributed by atoms with van der Waals surface area (Å²) in [7, 11) is 0. The van der Waals surface area contributed by atoms with Crippen LogP contribution in [-0.2, 0) is 21.7 Å². The molecule has 0 aromatic rings. The first-order chi connectivity index (χ1) is 3.91. The molecule has 9 heavy (non-hydrogen) atoms. The van der Waals surface area contributed by atoms with Crippen LogP contribution in [0.3, 0.4) is 0 Å². The minimum Gasteiger partial charge on any atom is -0.397 e. The van der Waals surface area contributed by atoms with E-state index >= 15 is 0 Å². The van der Waals surface area contributed by atoms with E-state index in [9.17, 15) is 0 Å². The first kappa shape index (κ1) is 11.9. The van der Waals surface area contributed by atoms with Crippen molar-refractivity contribution in [2.45, 2.75) is 13.3 Å². The molecular formula is C7H12OTi. The number of hydrogen-bond donors (Lipinski definition) is 1. The molecular weight excluding hydrogens is 148 g/mol. The fourth-order valence-corrected chi connectivity index (χ4v) is 0.393. The largest absolute Gasteiger partial charge is 0.397 e. The summed E-state index contributed by atoms with van der Waals surface area (Å²) in [5, 5.41) is 7.57. The average Bonchev–Trinajstić information content (AvgIpc) is 2.17. The molecule has 0 heterocycles. The molecule has 1 N–H and O–H groups in total. The summed E-state index contributed by atoms with van der Waals surface area (Å²) in [6.45, 7) is 1.93. The van der Waals surface area contributed by atoms with Crippen molar-refractivity contribution in [1.29, 1.82) is 0 Å². The average molecular weight is 160 g/mol. The second-order valence-corrected chi connectivity index (χ2v) is 1.41. The van der Waals surface area contributed by atoms with Crippen molar-refractivity contribution in [1.82, 2.24) is 0 Å².